The molecule has 0 saturated carbocycles. The van der Waals surface area contributed by atoms with Crippen LogP contribution in [0.5, 0.6) is 0 Å². The highest BCUT2D eigenvalue weighted by Crippen LogP contribution is 2.25. The zero-order valence-electron chi connectivity index (χ0n) is 9.18. The van der Waals surface area contributed by atoms with Crippen molar-refractivity contribution in [2.75, 3.05) is 5.32 Å². The van der Waals surface area contributed by atoms with E-state index in [1.54, 1.807) is 18.2 Å². The van der Waals surface area contributed by atoms with Gasteiger partial charge in [-0.15, -0.1) is 0 Å². The first kappa shape index (κ1) is 13.3. The van der Waals surface area contributed by atoms with Gasteiger partial charge in [0.05, 0.1) is 0 Å². The van der Waals surface area contributed by atoms with Gasteiger partial charge in [0.25, 0.3) is 0 Å². The van der Waals surface area contributed by atoms with Crippen molar-refractivity contribution in [2.24, 2.45) is 0 Å². The monoisotopic (exact) mass is 331 g/mol. The maximum absolute atomic E-state index is 13.5. The first-order valence-electron chi connectivity index (χ1n) is 5.20. The van der Waals surface area contributed by atoms with Gasteiger partial charge in [0, 0.05) is 27.3 Å². The average molecular weight is 333 g/mol. The van der Waals surface area contributed by atoms with Crippen molar-refractivity contribution >= 4 is 33.2 Å². The smallest absolute Gasteiger partial charge is 0.129 e. The summed E-state index contributed by atoms with van der Waals surface area (Å²) >= 11 is 9.14. The molecule has 0 aliphatic rings. The second kappa shape index (κ2) is 5.67. The van der Waals surface area contributed by atoms with Crippen LogP contribution in [0, 0.1) is 11.6 Å². The summed E-state index contributed by atoms with van der Waals surface area (Å²) < 4.78 is 27.0. The largest absolute Gasteiger partial charge is 0.380 e. The number of halogens is 4. The molecule has 0 aliphatic heterocycles. The van der Waals surface area contributed by atoms with Gasteiger partial charge in [0.15, 0.2) is 0 Å². The Morgan fingerprint density at radius 2 is 1.94 bits per heavy atom. The third-order valence-electron chi connectivity index (χ3n) is 2.45. The molecule has 18 heavy (non-hydrogen) atoms. The van der Waals surface area contributed by atoms with E-state index in [2.05, 4.69) is 21.2 Å². The van der Waals surface area contributed by atoms with Gasteiger partial charge >= 0.3 is 0 Å². The fraction of sp³-hybridized carbons (Fsp3) is 0.0769. The third-order valence-corrected chi connectivity index (χ3v) is 3.46. The number of benzene rings is 2. The molecule has 0 heterocycles. The summed E-state index contributed by atoms with van der Waals surface area (Å²) in [5, 5.41) is 3.36. The van der Waals surface area contributed by atoms with Crippen LogP contribution in [0.25, 0.3) is 0 Å². The van der Waals surface area contributed by atoms with Gasteiger partial charge in [-0.25, -0.2) is 8.78 Å². The first-order chi connectivity index (χ1) is 8.58. The Morgan fingerprint density at radius 1 is 1.17 bits per heavy atom. The Bertz CT molecular complexity index is 555. The molecule has 0 bridgehead atoms. The van der Waals surface area contributed by atoms with Crippen molar-refractivity contribution in [3.05, 3.63) is 63.1 Å². The summed E-state index contributed by atoms with van der Waals surface area (Å²) in [4.78, 5) is 0. The maximum Gasteiger partial charge on any atom is 0.129 e. The van der Waals surface area contributed by atoms with Crippen molar-refractivity contribution in [2.45, 2.75) is 6.54 Å². The lowest BCUT2D eigenvalue weighted by Gasteiger charge is -2.10. The van der Waals surface area contributed by atoms with Crippen LogP contribution in [0.4, 0.5) is 14.5 Å². The van der Waals surface area contributed by atoms with Gasteiger partial charge in [-0.3, -0.25) is 0 Å². The molecular weight excluding hydrogens is 324 g/mol. The van der Waals surface area contributed by atoms with E-state index in [0.717, 1.165) is 0 Å². The van der Waals surface area contributed by atoms with Gasteiger partial charge in [-0.05, 0) is 46.3 Å². The van der Waals surface area contributed by atoms with Crippen LogP contribution < -0.4 is 5.32 Å². The minimum Gasteiger partial charge on any atom is -0.380 e. The highest BCUT2D eigenvalue weighted by molar-refractivity contribution is 9.10. The molecule has 0 saturated heterocycles. The van der Waals surface area contributed by atoms with Gasteiger partial charge < -0.3 is 5.32 Å². The van der Waals surface area contributed by atoms with Crippen molar-refractivity contribution < 1.29 is 8.78 Å². The fourth-order valence-corrected chi connectivity index (χ4v) is 2.24. The van der Waals surface area contributed by atoms with Crippen molar-refractivity contribution in [3.63, 3.8) is 0 Å². The minimum atomic E-state index is -0.367. The van der Waals surface area contributed by atoms with E-state index in [0.29, 0.717) is 20.7 Å². The molecule has 2 aromatic rings. The summed E-state index contributed by atoms with van der Waals surface area (Å²) in [7, 11) is 0. The molecule has 0 spiro atoms. The Hall–Kier alpha value is -1.13. The first-order valence-corrected chi connectivity index (χ1v) is 6.37. The highest BCUT2D eigenvalue weighted by Gasteiger charge is 2.07. The molecule has 1 N–H and O–H groups in total. The molecule has 5 heteroatoms. The van der Waals surface area contributed by atoms with Gasteiger partial charge in [-0.2, -0.15) is 0 Å². The molecule has 0 atom stereocenters. The summed E-state index contributed by atoms with van der Waals surface area (Å²) in [6.07, 6.45) is 0. The number of anilines is 1. The normalized spacial score (nSPS) is 10.4. The molecule has 0 unspecified atom stereocenters. The van der Waals surface area contributed by atoms with Crippen molar-refractivity contribution in [1.29, 1.82) is 0 Å². The number of rotatable bonds is 3. The zero-order chi connectivity index (χ0) is 13.1. The Labute approximate surface area is 117 Å². The second-order valence-electron chi connectivity index (χ2n) is 3.68. The lowest BCUT2D eigenvalue weighted by atomic mass is 10.2. The summed E-state index contributed by atoms with van der Waals surface area (Å²) in [6.45, 7) is 0.232. The lowest BCUT2D eigenvalue weighted by molar-refractivity contribution is 0.613. The highest BCUT2D eigenvalue weighted by atomic mass is 79.9. The van der Waals surface area contributed by atoms with Crippen LogP contribution in [-0.4, -0.2) is 0 Å². The predicted octanol–water partition coefficient (Wildman–Crippen LogP) is 4.99. The second-order valence-corrected chi connectivity index (χ2v) is 4.94. The predicted molar refractivity (Wildman–Crippen MR) is 72.8 cm³/mol. The number of nitrogens with one attached hydrogen (secondary N) is 1. The van der Waals surface area contributed by atoms with Gasteiger partial charge in [0.1, 0.15) is 11.6 Å². The molecule has 94 valence electrons. The Kier molecular flexibility index (Phi) is 4.19. The average Bonchev–Trinajstić information content (AvgIpc) is 2.31. The Morgan fingerprint density at radius 3 is 2.61 bits per heavy atom. The van der Waals surface area contributed by atoms with E-state index in [1.165, 1.54) is 18.2 Å². The van der Waals surface area contributed by atoms with E-state index < -0.39 is 0 Å². The molecule has 1 nitrogen and oxygen atoms in total. The maximum atomic E-state index is 13.5. The van der Waals surface area contributed by atoms with E-state index >= 15 is 0 Å². The van der Waals surface area contributed by atoms with Crippen molar-refractivity contribution in [1.82, 2.24) is 0 Å². The Balaban J connectivity index is 2.16. The third kappa shape index (κ3) is 3.00. The molecule has 0 radical (unpaired) electrons. The van der Waals surface area contributed by atoms with Crippen LogP contribution in [0.15, 0.2) is 40.9 Å². The van der Waals surface area contributed by atoms with E-state index in [-0.39, 0.29) is 18.2 Å². The van der Waals surface area contributed by atoms with Crippen LogP contribution in [0.2, 0.25) is 5.02 Å². The van der Waals surface area contributed by atoms with Crippen LogP contribution >= 0.6 is 27.5 Å². The minimum absolute atomic E-state index is 0.232. The molecule has 2 aromatic carbocycles. The van der Waals surface area contributed by atoms with Gasteiger partial charge in [0.2, 0.25) is 0 Å². The topological polar surface area (TPSA) is 12.0 Å². The van der Waals surface area contributed by atoms with E-state index in [1.807, 2.05) is 0 Å². The standard InChI is InChI=1S/C13H9BrClF2N/c14-10-6-8(16)4-5-13(10)18-7-9-11(15)2-1-3-12(9)17/h1-6,18H,7H2. The summed E-state index contributed by atoms with van der Waals surface area (Å²) in [5.74, 6) is -0.704. The molecular formula is C13H9BrClF2N. The molecule has 2 rings (SSSR count). The number of hydrogen-bond acceptors (Lipinski definition) is 1. The quantitative estimate of drug-likeness (QED) is 0.834. The molecule has 0 fully saturated rings. The van der Waals surface area contributed by atoms with Crippen LogP contribution in [0.3, 0.4) is 0 Å². The van der Waals surface area contributed by atoms with E-state index in [9.17, 15) is 8.78 Å². The lowest BCUT2D eigenvalue weighted by Crippen LogP contribution is -2.03. The van der Waals surface area contributed by atoms with Gasteiger partial charge in [-0.1, -0.05) is 17.7 Å². The molecule has 0 aliphatic carbocycles. The summed E-state index contributed by atoms with van der Waals surface area (Å²) in [6, 6.07) is 8.77. The van der Waals surface area contributed by atoms with Crippen molar-refractivity contribution in [3.8, 4) is 0 Å². The van der Waals surface area contributed by atoms with Crippen LogP contribution in [-0.2, 0) is 6.54 Å². The SMILES string of the molecule is Fc1ccc(NCc2c(F)cccc2Cl)c(Br)c1. The van der Waals surface area contributed by atoms with E-state index in [4.69, 9.17) is 11.6 Å². The van der Waals surface area contributed by atoms with Crippen LogP contribution in [0.1, 0.15) is 5.56 Å². The summed E-state index contributed by atoms with van der Waals surface area (Å²) in [5.41, 5.74) is 1.06. The molecule has 0 aromatic heterocycles. The number of hydrogen-bond donors (Lipinski definition) is 1. The zero-order valence-corrected chi connectivity index (χ0v) is 11.5. The molecule has 0 amide bonds. The fourth-order valence-electron chi connectivity index (χ4n) is 1.52.